The van der Waals surface area contributed by atoms with E-state index in [1.54, 1.807) is 37.3 Å². The average molecular weight is 554 g/mol. The molecular weight excluding hydrogens is 516 g/mol. The maximum Gasteiger partial charge on any atom is 0.310 e. The smallest absolute Gasteiger partial charge is 0.310 e. The molecule has 1 aromatic heterocycles. The van der Waals surface area contributed by atoms with E-state index in [4.69, 9.17) is 30.2 Å². The van der Waals surface area contributed by atoms with Crippen LogP contribution in [0.3, 0.4) is 0 Å². The molecule has 0 bridgehead atoms. The fourth-order valence-electron chi connectivity index (χ4n) is 3.72. The number of anilines is 1. The van der Waals surface area contributed by atoms with Gasteiger partial charge < -0.3 is 23.9 Å². The van der Waals surface area contributed by atoms with Crippen molar-refractivity contribution < 1.29 is 32.2 Å². The van der Waals surface area contributed by atoms with E-state index in [1.807, 2.05) is 27.7 Å². The van der Waals surface area contributed by atoms with Gasteiger partial charge in [0.1, 0.15) is 18.1 Å². The Balaban J connectivity index is 0.00000121. The third kappa shape index (κ3) is 8.25. The highest BCUT2D eigenvalue weighted by molar-refractivity contribution is 6.32. The molecule has 9 heteroatoms. The van der Waals surface area contributed by atoms with E-state index in [2.05, 4.69) is 5.32 Å². The van der Waals surface area contributed by atoms with Gasteiger partial charge in [0.2, 0.25) is 0 Å². The van der Waals surface area contributed by atoms with Gasteiger partial charge in [0.15, 0.2) is 11.3 Å². The normalized spacial score (nSPS) is 12.3. The second-order valence-electron chi connectivity index (χ2n) is 8.14. The lowest BCUT2D eigenvalue weighted by Gasteiger charge is -2.13. The van der Waals surface area contributed by atoms with Crippen LogP contribution in [-0.4, -0.2) is 26.2 Å². The Bertz CT molecular complexity index is 1180. The summed E-state index contributed by atoms with van der Waals surface area (Å²) in [5, 5.41) is 4.13. The number of furan rings is 1. The van der Waals surface area contributed by atoms with Crippen molar-refractivity contribution in [3.05, 3.63) is 52.2 Å². The number of carbonyl (C=O) groups is 1. The van der Waals surface area contributed by atoms with Crippen LogP contribution in [0.5, 0.6) is 11.5 Å². The zero-order valence-electron chi connectivity index (χ0n) is 23.0. The molecule has 0 amide bonds. The first-order chi connectivity index (χ1) is 18.4. The first-order valence-electron chi connectivity index (χ1n) is 13.1. The summed E-state index contributed by atoms with van der Waals surface area (Å²) < 4.78 is 49.7. The second-order valence-corrected chi connectivity index (χ2v) is 8.58. The molecule has 1 N–H and O–H groups in total. The summed E-state index contributed by atoms with van der Waals surface area (Å²) in [5.74, 6) is 0.519. The molecule has 38 heavy (non-hydrogen) atoms. The van der Waals surface area contributed by atoms with Crippen LogP contribution >= 0.6 is 11.6 Å². The Morgan fingerprint density at radius 1 is 1.16 bits per heavy atom. The van der Waals surface area contributed by atoms with Gasteiger partial charge in [-0.1, -0.05) is 45.4 Å². The topological polar surface area (TPSA) is 69.9 Å². The minimum absolute atomic E-state index is 0.0257. The van der Waals surface area contributed by atoms with Crippen molar-refractivity contribution in [3.8, 4) is 11.5 Å². The van der Waals surface area contributed by atoms with Crippen LogP contribution in [0.15, 0.2) is 34.7 Å². The lowest BCUT2D eigenvalue weighted by molar-refractivity contribution is -0.142. The molecular formula is C29H38ClF2NO5. The highest BCUT2D eigenvalue weighted by Gasteiger charge is 2.26. The fourth-order valence-corrected chi connectivity index (χ4v) is 3.94. The Morgan fingerprint density at radius 2 is 1.87 bits per heavy atom. The molecule has 6 nitrogen and oxygen atoms in total. The molecule has 0 unspecified atom stereocenters. The van der Waals surface area contributed by atoms with E-state index in [0.717, 1.165) is 19.4 Å². The number of rotatable bonds is 11. The average Bonchev–Trinajstić information content (AvgIpc) is 3.68. The number of esters is 1. The Morgan fingerprint density at radius 3 is 2.47 bits per heavy atom. The predicted molar refractivity (Wildman–Crippen MR) is 148 cm³/mol. The maximum atomic E-state index is 13.9. The molecule has 2 aromatic carbocycles. The van der Waals surface area contributed by atoms with Crippen LogP contribution in [0, 0.1) is 5.92 Å². The third-order valence-corrected chi connectivity index (χ3v) is 5.87. The van der Waals surface area contributed by atoms with Gasteiger partial charge in [0.05, 0.1) is 25.8 Å². The summed E-state index contributed by atoms with van der Waals surface area (Å²) in [6.07, 6.45) is -0.580. The predicted octanol–water partition coefficient (Wildman–Crippen LogP) is 8.59. The van der Waals surface area contributed by atoms with E-state index in [0.29, 0.717) is 44.7 Å². The minimum Gasteiger partial charge on any atom is -0.497 e. The molecule has 4 rings (SSSR count). The van der Waals surface area contributed by atoms with Crippen molar-refractivity contribution in [2.75, 3.05) is 25.6 Å². The van der Waals surface area contributed by atoms with Gasteiger partial charge in [-0.15, -0.1) is 0 Å². The van der Waals surface area contributed by atoms with E-state index >= 15 is 0 Å². The summed E-state index contributed by atoms with van der Waals surface area (Å²) in [4.78, 5) is 12.0. The van der Waals surface area contributed by atoms with E-state index in [1.165, 1.54) is 7.11 Å². The van der Waals surface area contributed by atoms with Gasteiger partial charge in [0, 0.05) is 34.1 Å². The van der Waals surface area contributed by atoms with Gasteiger partial charge >= 0.3 is 5.97 Å². The highest BCUT2D eigenvalue weighted by Crippen LogP contribution is 2.40. The van der Waals surface area contributed by atoms with Crippen LogP contribution < -0.4 is 14.8 Å². The maximum absolute atomic E-state index is 13.9. The second kappa shape index (κ2) is 15.4. The molecule has 0 radical (unpaired) electrons. The molecule has 1 aliphatic carbocycles. The van der Waals surface area contributed by atoms with E-state index in [-0.39, 0.29) is 25.2 Å². The Kier molecular flexibility index (Phi) is 12.7. The van der Waals surface area contributed by atoms with Crippen molar-refractivity contribution in [1.29, 1.82) is 0 Å². The van der Waals surface area contributed by atoms with Gasteiger partial charge in [-0.3, -0.25) is 4.79 Å². The molecule has 1 aliphatic rings. The van der Waals surface area contributed by atoms with Crippen molar-refractivity contribution in [3.63, 3.8) is 0 Å². The standard InChI is InChI=1S/C25H26ClF2NO5.2C2H6/c1-3-32-22(30)8-15-6-7-17(31-2)11-21(15)33-13-19-18-9-16(26)10-20(29-12-14-4-5-14)23(18)34-24(19)25(27)28;2*1-2/h6-7,9-11,14,25,29H,3-5,8,12-13H2,1-2H3;2*1-2H3. The zero-order valence-corrected chi connectivity index (χ0v) is 23.7. The van der Waals surface area contributed by atoms with Crippen LogP contribution in [0.4, 0.5) is 14.5 Å². The number of halogens is 3. The van der Waals surface area contributed by atoms with Gasteiger partial charge in [-0.05, 0) is 43.9 Å². The van der Waals surface area contributed by atoms with Crippen LogP contribution in [-0.2, 0) is 22.6 Å². The van der Waals surface area contributed by atoms with Crippen LogP contribution in [0.1, 0.15) is 70.8 Å². The molecule has 1 saturated carbocycles. The minimum atomic E-state index is -2.84. The van der Waals surface area contributed by atoms with Crippen molar-refractivity contribution >= 4 is 34.2 Å². The van der Waals surface area contributed by atoms with Crippen molar-refractivity contribution in [2.45, 2.75) is 66.9 Å². The molecule has 0 saturated heterocycles. The largest absolute Gasteiger partial charge is 0.497 e. The van der Waals surface area contributed by atoms with Crippen LogP contribution in [0.2, 0.25) is 5.02 Å². The first kappa shape index (κ1) is 31.2. The molecule has 210 valence electrons. The van der Waals surface area contributed by atoms with Gasteiger partial charge in [-0.2, -0.15) is 0 Å². The summed E-state index contributed by atoms with van der Waals surface area (Å²) in [6, 6.07) is 8.25. The van der Waals surface area contributed by atoms with Crippen LogP contribution in [0.25, 0.3) is 11.0 Å². The number of hydrogen-bond donors (Lipinski definition) is 1. The monoisotopic (exact) mass is 553 g/mol. The molecule has 3 aromatic rings. The van der Waals surface area contributed by atoms with Crippen molar-refractivity contribution in [1.82, 2.24) is 0 Å². The quantitative estimate of drug-likeness (QED) is 0.240. The van der Waals surface area contributed by atoms with Crippen molar-refractivity contribution in [2.24, 2.45) is 5.92 Å². The number of carbonyl (C=O) groups excluding carboxylic acids is 1. The molecule has 1 heterocycles. The summed E-state index contributed by atoms with van der Waals surface area (Å²) in [7, 11) is 1.50. The summed E-state index contributed by atoms with van der Waals surface area (Å²) >= 11 is 6.31. The van der Waals surface area contributed by atoms with Gasteiger partial charge in [-0.25, -0.2) is 8.78 Å². The Hall–Kier alpha value is -3.00. The lowest BCUT2D eigenvalue weighted by atomic mass is 10.1. The number of methoxy groups -OCH3 is 1. The number of nitrogens with one attached hydrogen (secondary N) is 1. The van der Waals surface area contributed by atoms with E-state index in [9.17, 15) is 13.6 Å². The summed E-state index contributed by atoms with van der Waals surface area (Å²) in [6.45, 7) is 10.5. The number of ether oxygens (including phenoxy) is 3. The first-order valence-corrected chi connectivity index (χ1v) is 13.5. The number of hydrogen-bond acceptors (Lipinski definition) is 6. The number of fused-ring (bicyclic) bond motifs is 1. The molecule has 1 fully saturated rings. The molecule has 0 spiro atoms. The SMILES string of the molecule is CC.CC.CCOC(=O)Cc1ccc(OC)cc1OCc1c(C(F)F)oc2c(NCC3CC3)cc(Cl)cc12. The zero-order chi connectivity index (χ0) is 28.2. The third-order valence-electron chi connectivity index (χ3n) is 5.65. The lowest BCUT2D eigenvalue weighted by Crippen LogP contribution is -2.09. The molecule has 0 aliphatic heterocycles. The fraction of sp³-hybridized carbons (Fsp3) is 0.483. The van der Waals surface area contributed by atoms with Gasteiger partial charge in [0.25, 0.3) is 6.43 Å². The Labute approximate surface area is 228 Å². The number of alkyl halides is 2. The highest BCUT2D eigenvalue weighted by atomic mass is 35.5. The number of benzene rings is 2. The molecule has 0 atom stereocenters. The summed E-state index contributed by atoms with van der Waals surface area (Å²) in [5.41, 5.74) is 1.64. The van der Waals surface area contributed by atoms with E-state index < -0.39 is 18.2 Å².